The lowest BCUT2D eigenvalue weighted by molar-refractivity contribution is 0.933. The summed E-state index contributed by atoms with van der Waals surface area (Å²) < 4.78 is 12.8. The zero-order valence-corrected chi connectivity index (χ0v) is 12.6. The molecule has 0 bridgehead atoms. The van der Waals surface area contributed by atoms with Crippen molar-refractivity contribution in [1.82, 2.24) is 15.0 Å². The van der Waals surface area contributed by atoms with Gasteiger partial charge in [0.15, 0.2) is 0 Å². The van der Waals surface area contributed by atoms with Gasteiger partial charge in [0.1, 0.15) is 11.7 Å². The van der Waals surface area contributed by atoms with Crippen molar-refractivity contribution in [3.63, 3.8) is 0 Å². The van der Waals surface area contributed by atoms with Gasteiger partial charge in [0.25, 0.3) is 0 Å². The van der Waals surface area contributed by atoms with Gasteiger partial charge in [-0.1, -0.05) is 6.07 Å². The summed E-state index contributed by atoms with van der Waals surface area (Å²) >= 11 is 0.0734. The molecule has 0 aliphatic heterocycles. The predicted molar refractivity (Wildman–Crippen MR) is 88.5 cm³/mol. The maximum atomic E-state index is 12.8. The quantitative estimate of drug-likeness (QED) is 0.585. The number of fused-ring (bicyclic) bond motifs is 3. The molecule has 0 fully saturated rings. The molecule has 0 saturated heterocycles. The summed E-state index contributed by atoms with van der Waals surface area (Å²) in [6, 6.07) is 12.8. The fourth-order valence-electron chi connectivity index (χ4n) is 2.62. The number of hydrogen-bond acceptors (Lipinski definition) is 4. The third-order valence-corrected chi connectivity index (χ3v) is 4.26. The third-order valence-electron chi connectivity index (χ3n) is 3.74. The first-order chi connectivity index (χ1) is 11.3. The molecule has 6 heteroatoms. The Morgan fingerprint density at radius 2 is 2.04 bits per heavy atom. The number of nitrogens with zero attached hydrogens (tertiary/aromatic N) is 3. The molecule has 0 spiro atoms. The monoisotopic (exact) mass is 320 g/mol. The number of rotatable bonds is 2. The van der Waals surface area contributed by atoms with E-state index in [1.165, 1.54) is 0 Å². The number of nitrogens with one attached hydrogen (secondary N) is 1. The Morgan fingerprint density at radius 3 is 2.87 bits per heavy atom. The molecule has 4 aromatic rings. The minimum atomic E-state index is 0.0734. The molecule has 1 aromatic carbocycles. The lowest BCUT2D eigenvalue weighted by Crippen LogP contribution is -1.87. The molecule has 4 nitrogen and oxygen atoms in total. The Hall–Kier alpha value is -2.91. The number of aromatic nitrogens is 3. The second-order valence-electron chi connectivity index (χ2n) is 5.04. The number of H-pyrrole nitrogens is 1. The molecular formula is C17H9FN4S. The standard InChI is InChI=1S/C17H9FN4S/c18-23-16-4-1-10(7-11(16)8-19)14-3-2-12-13-9-20-6-5-15(13)22-17(12)21-14/h1-7,9H,(H,21,22). The van der Waals surface area contributed by atoms with Crippen LogP contribution in [-0.4, -0.2) is 15.0 Å². The molecule has 4 rings (SSSR count). The number of aromatic amines is 1. The van der Waals surface area contributed by atoms with E-state index in [1.54, 1.807) is 30.6 Å². The fourth-order valence-corrected chi connectivity index (χ4v) is 2.93. The summed E-state index contributed by atoms with van der Waals surface area (Å²) in [4.78, 5) is 12.3. The highest BCUT2D eigenvalue weighted by molar-refractivity contribution is 7.94. The number of halogens is 1. The summed E-state index contributed by atoms with van der Waals surface area (Å²) in [7, 11) is 0. The molecule has 0 saturated carbocycles. The van der Waals surface area contributed by atoms with Gasteiger partial charge in [-0.15, -0.1) is 0 Å². The van der Waals surface area contributed by atoms with Gasteiger partial charge in [0.2, 0.25) is 0 Å². The summed E-state index contributed by atoms with van der Waals surface area (Å²) in [5, 5.41) is 11.1. The van der Waals surface area contributed by atoms with Gasteiger partial charge in [-0.25, -0.2) is 4.98 Å². The van der Waals surface area contributed by atoms with Gasteiger partial charge < -0.3 is 4.98 Å². The van der Waals surface area contributed by atoms with Crippen molar-refractivity contribution in [2.75, 3.05) is 0 Å². The minimum Gasteiger partial charge on any atom is -0.339 e. The SMILES string of the molecule is N#Cc1cc(-c2ccc3c(n2)[nH]c2ccncc23)ccc1SF. The Kier molecular flexibility index (Phi) is 3.21. The first-order valence-corrected chi connectivity index (χ1v) is 7.57. The average Bonchev–Trinajstić information content (AvgIpc) is 2.98. The maximum absolute atomic E-state index is 12.8. The smallest absolute Gasteiger partial charge is 0.139 e. The van der Waals surface area contributed by atoms with Crippen LogP contribution < -0.4 is 0 Å². The second-order valence-corrected chi connectivity index (χ2v) is 5.63. The second kappa shape index (κ2) is 5.38. The van der Waals surface area contributed by atoms with Gasteiger partial charge >= 0.3 is 0 Å². The Bertz CT molecular complexity index is 1080. The van der Waals surface area contributed by atoms with Crippen molar-refractivity contribution < 1.29 is 3.89 Å². The van der Waals surface area contributed by atoms with E-state index >= 15 is 0 Å². The van der Waals surface area contributed by atoms with Crippen LogP contribution in [0.3, 0.4) is 0 Å². The van der Waals surface area contributed by atoms with Crippen molar-refractivity contribution in [3.8, 4) is 17.3 Å². The molecule has 1 N–H and O–H groups in total. The molecule has 0 aliphatic carbocycles. The van der Waals surface area contributed by atoms with Crippen molar-refractivity contribution >= 4 is 34.1 Å². The van der Waals surface area contributed by atoms with E-state index in [0.717, 1.165) is 33.2 Å². The van der Waals surface area contributed by atoms with Crippen LogP contribution in [0.1, 0.15) is 5.56 Å². The molecule has 0 aliphatic rings. The van der Waals surface area contributed by atoms with Crippen LogP contribution in [0.25, 0.3) is 33.2 Å². The van der Waals surface area contributed by atoms with Crippen LogP contribution >= 0.6 is 12.1 Å². The van der Waals surface area contributed by atoms with E-state index in [9.17, 15) is 3.89 Å². The van der Waals surface area contributed by atoms with E-state index in [-0.39, 0.29) is 12.1 Å². The van der Waals surface area contributed by atoms with Gasteiger partial charge in [0, 0.05) is 28.7 Å². The zero-order valence-electron chi connectivity index (χ0n) is 11.7. The van der Waals surface area contributed by atoms with Gasteiger partial charge in [-0.05, 0) is 30.3 Å². The van der Waals surface area contributed by atoms with Crippen LogP contribution in [0.15, 0.2) is 53.7 Å². The molecule has 110 valence electrons. The molecule has 0 unspecified atom stereocenters. The van der Waals surface area contributed by atoms with Crippen LogP contribution in [0, 0.1) is 11.3 Å². The maximum Gasteiger partial charge on any atom is 0.139 e. The van der Waals surface area contributed by atoms with E-state index in [4.69, 9.17) is 5.26 Å². The van der Waals surface area contributed by atoms with Crippen molar-refractivity contribution in [2.45, 2.75) is 4.90 Å². The number of pyridine rings is 2. The van der Waals surface area contributed by atoms with E-state index in [2.05, 4.69) is 15.0 Å². The molecule has 3 heterocycles. The molecule has 0 atom stereocenters. The van der Waals surface area contributed by atoms with Crippen LogP contribution in [0.2, 0.25) is 0 Å². The first kappa shape index (κ1) is 13.7. The van der Waals surface area contributed by atoms with Crippen LogP contribution in [-0.2, 0) is 0 Å². The topological polar surface area (TPSA) is 65.4 Å². The highest BCUT2D eigenvalue weighted by atomic mass is 32.2. The summed E-state index contributed by atoms with van der Waals surface area (Å²) in [6.45, 7) is 0. The Morgan fingerprint density at radius 1 is 1.13 bits per heavy atom. The first-order valence-electron chi connectivity index (χ1n) is 6.86. The Balaban J connectivity index is 1.89. The lowest BCUT2D eigenvalue weighted by Gasteiger charge is -2.04. The summed E-state index contributed by atoms with van der Waals surface area (Å²) in [5.41, 5.74) is 3.54. The number of hydrogen-bond donors (Lipinski definition) is 1. The average molecular weight is 320 g/mol. The molecular weight excluding hydrogens is 311 g/mol. The van der Waals surface area contributed by atoms with Crippen LogP contribution in [0.4, 0.5) is 3.89 Å². The van der Waals surface area contributed by atoms with Gasteiger partial charge in [-0.3, -0.25) is 4.98 Å². The van der Waals surface area contributed by atoms with Crippen LogP contribution in [0.5, 0.6) is 0 Å². The third kappa shape index (κ3) is 2.22. The van der Waals surface area contributed by atoms with E-state index < -0.39 is 0 Å². The number of benzene rings is 1. The largest absolute Gasteiger partial charge is 0.339 e. The lowest BCUT2D eigenvalue weighted by atomic mass is 10.1. The van der Waals surface area contributed by atoms with Crippen molar-refractivity contribution in [1.29, 1.82) is 5.26 Å². The van der Waals surface area contributed by atoms with Gasteiger partial charge in [-0.2, -0.15) is 9.15 Å². The Labute approximate surface area is 135 Å². The highest BCUT2D eigenvalue weighted by Gasteiger charge is 2.10. The van der Waals surface area contributed by atoms with Crippen molar-refractivity contribution in [3.05, 3.63) is 54.4 Å². The normalized spacial score (nSPS) is 11.0. The number of nitriles is 1. The fraction of sp³-hybridized carbons (Fsp3) is 0. The summed E-state index contributed by atoms with van der Waals surface area (Å²) in [5.74, 6) is 0. The van der Waals surface area contributed by atoms with E-state index in [0.29, 0.717) is 10.5 Å². The predicted octanol–water partition coefficient (Wildman–Crippen LogP) is 4.63. The highest BCUT2D eigenvalue weighted by Crippen LogP contribution is 2.30. The molecule has 23 heavy (non-hydrogen) atoms. The molecule has 0 radical (unpaired) electrons. The zero-order chi connectivity index (χ0) is 15.8. The molecule has 3 aromatic heterocycles. The summed E-state index contributed by atoms with van der Waals surface area (Å²) in [6.07, 6.45) is 3.53. The van der Waals surface area contributed by atoms with E-state index in [1.807, 2.05) is 24.3 Å². The van der Waals surface area contributed by atoms with Gasteiger partial charge in [0.05, 0.1) is 33.8 Å². The van der Waals surface area contributed by atoms with Crippen molar-refractivity contribution in [2.24, 2.45) is 0 Å². The molecule has 0 amide bonds. The minimum absolute atomic E-state index is 0.0734.